The van der Waals surface area contributed by atoms with Gasteiger partial charge in [-0.25, -0.2) is 0 Å². The molecule has 0 N–H and O–H groups in total. The molecule has 0 radical (unpaired) electrons. The van der Waals surface area contributed by atoms with Crippen molar-refractivity contribution >= 4 is 17.9 Å². The van der Waals surface area contributed by atoms with E-state index in [0.29, 0.717) is 19.3 Å². The van der Waals surface area contributed by atoms with E-state index >= 15 is 0 Å². The molecule has 0 aliphatic heterocycles. The Balaban J connectivity index is 4.45. The number of unbranched alkanes of at least 4 members (excludes halogenated alkanes) is 27. The van der Waals surface area contributed by atoms with Crippen LogP contribution >= 0.6 is 0 Å². The van der Waals surface area contributed by atoms with Gasteiger partial charge in [0.25, 0.3) is 0 Å². The van der Waals surface area contributed by atoms with E-state index in [-0.39, 0.29) is 31.1 Å². The number of carbonyl (C=O) groups is 3. The third-order valence-corrected chi connectivity index (χ3v) is 11.9. The normalized spacial score (nSPS) is 12.6. The van der Waals surface area contributed by atoms with Crippen molar-refractivity contribution in [1.82, 2.24) is 0 Å². The van der Waals surface area contributed by atoms with E-state index in [4.69, 9.17) is 14.2 Å². The van der Waals surface area contributed by atoms with Gasteiger partial charge in [-0.15, -0.1) is 0 Å². The Hall–Kier alpha value is -3.15. The number of ether oxygens (including phenoxy) is 3. The van der Waals surface area contributed by atoms with Gasteiger partial charge < -0.3 is 14.2 Å². The largest absolute Gasteiger partial charge is 0.462 e. The van der Waals surface area contributed by atoms with Gasteiger partial charge in [0.05, 0.1) is 0 Å². The van der Waals surface area contributed by atoms with Crippen molar-refractivity contribution in [1.29, 1.82) is 0 Å². The van der Waals surface area contributed by atoms with E-state index in [9.17, 15) is 14.4 Å². The molecule has 0 aromatic heterocycles. The highest BCUT2D eigenvalue weighted by molar-refractivity contribution is 5.71. The van der Waals surface area contributed by atoms with Crippen LogP contribution in [-0.2, 0) is 28.6 Å². The van der Waals surface area contributed by atoms with E-state index in [1.807, 2.05) is 0 Å². The van der Waals surface area contributed by atoms with Gasteiger partial charge in [-0.05, 0) is 109 Å². The van der Waals surface area contributed by atoms with Crippen molar-refractivity contribution in [3.05, 3.63) is 72.9 Å². The molecule has 0 saturated carbocycles. The van der Waals surface area contributed by atoms with E-state index in [2.05, 4.69) is 93.7 Å². The molecule has 0 rings (SSSR count). The Morgan fingerprint density at radius 3 is 0.955 bits per heavy atom. The summed E-state index contributed by atoms with van der Waals surface area (Å²) in [5, 5.41) is 0. The first-order valence-corrected chi connectivity index (χ1v) is 27.9. The molecule has 66 heavy (non-hydrogen) atoms. The second kappa shape index (κ2) is 54.5. The number of hydrogen-bond donors (Lipinski definition) is 0. The van der Waals surface area contributed by atoms with Gasteiger partial charge in [-0.2, -0.15) is 0 Å². The van der Waals surface area contributed by atoms with Crippen LogP contribution < -0.4 is 0 Å². The lowest BCUT2D eigenvalue weighted by molar-refractivity contribution is -0.167. The predicted molar refractivity (Wildman–Crippen MR) is 284 cm³/mol. The molecular weight excluding hydrogens is 817 g/mol. The molecule has 0 heterocycles. The third-order valence-electron chi connectivity index (χ3n) is 11.9. The average molecular weight is 921 g/mol. The molecule has 0 spiro atoms. The molecule has 1 unspecified atom stereocenters. The Kier molecular flexibility index (Phi) is 51.9. The van der Waals surface area contributed by atoms with Crippen LogP contribution in [0.2, 0.25) is 0 Å². The van der Waals surface area contributed by atoms with Crippen molar-refractivity contribution in [2.75, 3.05) is 13.2 Å². The molecule has 0 bridgehead atoms. The number of allylic oxidation sites excluding steroid dienone is 12. The first kappa shape index (κ1) is 62.8. The molecular formula is C60H104O6. The lowest BCUT2D eigenvalue weighted by Gasteiger charge is -2.18. The summed E-state index contributed by atoms with van der Waals surface area (Å²) in [5.41, 5.74) is 0. The zero-order valence-corrected chi connectivity index (χ0v) is 43.4. The van der Waals surface area contributed by atoms with Gasteiger partial charge in [0, 0.05) is 19.3 Å². The van der Waals surface area contributed by atoms with E-state index in [1.54, 1.807) is 0 Å². The smallest absolute Gasteiger partial charge is 0.306 e. The Morgan fingerprint density at radius 2 is 0.591 bits per heavy atom. The van der Waals surface area contributed by atoms with Gasteiger partial charge >= 0.3 is 17.9 Å². The molecule has 6 heteroatoms. The van der Waals surface area contributed by atoms with Gasteiger partial charge in [-0.3, -0.25) is 14.4 Å². The molecule has 380 valence electrons. The highest BCUT2D eigenvalue weighted by Crippen LogP contribution is 2.14. The fourth-order valence-corrected chi connectivity index (χ4v) is 7.72. The minimum absolute atomic E-state index is 0.0929. The van der Waals surface area contributed by atoms with Crippen molar-refractivity contribution in [2.45, 2.75) is 277 Å². The van der Waals surface area contributed by atoms with Crippen LogP contribution in [0.15, 0.2) is 72.9 Å². The lowest BCUT2D eigenvalue weighted by Crippen LogP contribution is -2.30. The maximum absolute atomic E-state index is 12.8. The summed E-state index contributed by atoms with van der Waals surface area (Å²) in [6.07, 6.45) is 68.9. The molecule has 0 amide bonds. The van der Waals surface area contributed by atoms with Gasteiger partial charge in [0.15, 0.2) is 6.10 Å². The fraction of sp³-hybridized carbons (Fsp3) is 0.750. The number of esters is 3. The van der Waals surface area contributed by atoms with Gasteiger partial charge in [-0.1, -0.05) is 216 Å². The summed E-state index contributed by atoms with van der Waals surface area (Å²) in [6.45, 7) is 6.49. The van der Waals surface area contributed by atoms with Crippen molar-refractivity contribution < 1.29 is 28.6 Å². The van der Waals surface area contributed by atoms with Crippen LogP contribution in [-0.4, -0.2) is 37.2 Å². The van der Waals surface area contributed by atoms with Crippen LogP contribution in [0.25, 0.3) is 0 Å². The minimum Gasteiger partial charge on any atom is -0.462 e. The molecule has 0 aliphatic carbocycles. The summed E-state index contributed by atoms with van der Waals surface area (Å²) in [7, 11) is 0. The average Bonchev–Trinajstić information content (AvgIpc) is 3.31. The Labute approximate surface area is 408 Å². The summed E-state index contributed by atoms with van der Waals surface area (Å²) >= 11 is 0. The predicted octanol–water partition coefficient (Wildman–Crippen LogP) is 18.6. The standard InChI is InChI=1S/C60H104O6/c1-4-7-10-13-16-19-22-25-28-31-34-37-40-43-46-49-52-58(61)64-55-57(66-60(63)54-51-48-45-42-39-36-33-30-27-24-21-18-15-12-9-6-3)56-65-59(62)53-50-47-44-41-38-35-32-29-26-23-20-17-14-11-8-5-2/h7,10,16,19,25,28-30,32-34,37,57H,4-6,8-9,11-15,17-18,20-24,26-27,31,35-36,38-56H2,1-3H3/b10-7-,19-16-,28-25-,32-29-,33-30-,37-34-. The van der Waals surface area contributed by atoms with E-state index in [0.717, 1.165) is 109 Å². The fourth-order valence-electron chi connectivity index (χ4n) is 7.72. The third kappa shape index (κ3) is 51.8. The molecule has 6 nitrogen and oxygen atoms in total. The molecule has 0 aromatic rings. The van der Waals surface area contributed by atoms with Crippen LogP contribution in [0.3, 0.4) is 0 Å². The van der Waals surface area contributed by atoms with Gasteiger partial charge in [0.1, 0.15) is 13.2 Å². The van der Waals surface area contributed by atoms with Crippen molar-refractivity contribution in [2.24, 2.45) is 0 Å². The van der Waals surface area contributed by atoms with Crippen molar-refractivity contribution in [3.8, 4) is 0 Å². The van der Waals surface area contributed by atoms with E-state index < -0.39 is 6.10 Å². The monoisotopic (exact) mass is 921 g/mol. The number of rotatable bonds is 50. The van der Waals surface area contributed by atoms with Crippen LogP contribution in [0.1, 0.15) is 271 Å². The second-order valence-corrected chi connectivity index (χ2v) is 18.5. The molecule has 0 aliphatic rings. The summed E-state index contributed by atoms with van der Waals surface area (Å²) < 4.78 is 16.8. The maximum atomic E-state index is 12.8. The Bertz CT molecular complexity index is 1240. The maximum Gasteiger partial charge on any atom is 0.306 e. The van der Waals surface area contributed by atoms with Crippen LogP contribution in [0, 0.1) is 0 Å². The second-order valence-electron chi connectivity index (χ2n) is 18.5. The van der Waals surface area contributed by atoms with Crippen LogP contribution in [0.5, 0.6) is 0 Å². The molecule has 0 fully saturated rings. The highest BCUT2D eigenvalue weighted by Gasteiger charge is 2.19. The molecule has 0 saturated heterocycles. The highest BCUT2D eigenvalue weighted by atomic mass is 16.6. The number of hydrogen-bond acceptors (Lipinski definition) is 6. The van der Waals surface area contributed by atoms with Crippen LogP contribution in [0.4, 0.5) is 0 Å². The topological polar surface area (TPSA) is 78.9 Å². The first-order valence-electron chi connectivity index (χ1n) is 27.9. The Morgan fingerprint density at radius 1 is 0.318 bits per heavy atom. The quantitative estimate of drug-likeness (QED) is 0.0262. The van der Waals surface area contributed by atoms with E-state index in [1.165, 1.54) is 122 Å². The summed E-state index contributed by atoms with van der Waals surface area (Å²) in [6, 6.07) is 0. The zero-order valence-electron chi connectivity index (χ0n) is 43.4. The minimum atomic E-state index is -0.796. The molecule has 0 aromatic carbocycles. The zero-order chi connectivity index (χ0) is 47.9. The number of carbonyl (C=O) groups excluding carboxylic acids is 3. The summed E-state index contributed by atoms with van der Waals surface area (Å²) in [4.78, 5) is 38.1. The van der Waals surface area contributed by atoms with Crippen molar-refractivity contribution in [3.63, 3.8) is 0 Å². The first-order chi connectivity index (χ1) is 32.5. The lowest BCUT2D eigenvalue weighted by atomic mass is 10.1. The van der Waals surface area contributed by atoms with Gasteiger partial charge in [0.2, 0.25) is 0 Å². The molecule has 1 atom stereocenters. The SMILES string of the molecule is CC/C=C\C/C=C\C/C=C\C/C=C\CCCCCC(=O)OCC(COC(=O)CCCCCCC/C=C\CCCCCCCCC)OC(=O)CCCCCCC/C=C\CCCCCCCCC. The summed E-state index contributed by atoms with van der Waals surface area (Å²) in [5.74, 6) is -0.935.